The molecule has 0 atom stereocenters. The van der Waals surface area contributed by atoms with Crippen LogP contribution >= 0.6 is 0 Å². The summed E-state index contributed by atoms with van der Waals surface area (Å²) in [6, 6.07) is 21.6. The van der Waals surface area contributed by atoms with Crippen LogP contribution in [0.2, 0.25) is 0 Å². The third-order valence-electron chi connectivity index (χ3n) is 3.45. The van der Waals surface area contributed by atoms with Gasteiger partial charge in [0.25, 0.3) is 0 Å². The largest absolute Gasteiger partial charge is 0.508 e. The minimum absolute atomic E-state index is 0.0689. The van der Waals surface area contributed by atoms with Gasteiger partial charge in [0.05, 0.1) is 5.69 Å². The van der Waals surface area contributed by atoms with Gasteiger partial charge in [-0.15, -0.1) is 0 Å². The first-order valence-corrected chi connectivity index (χ1v) is 7.53. The van der Waals surface area contributed by atoms with E-state index in [1.165, 1.54) is 24.4 Å². The van der Waals surface area contributed by atoms with E-state index >= 15 is 0 Å². The Morgan fingerprint density at radius 2 is 1.62 bits per heavy atom. The van der Waals surface area contributed by atoms with Crippen LogP contribution in [0.5, 0.6) is 17.2 Å². The summed E-state index contributed by atoms with van der Waals surface area (Å²) in [4.78, 5) is 4.29. The molecule has 0 radical (unpaired) electrons. The van der Waals surface area contributed by atoms with E-state index in [0.29, 0.717) is 12.2 Å². The van der Waals surface area contributed by atoms with Crippen molar-refractivity contribution in [2.75, 3.05) is 0 Å². The molecule has 0 bridgehead atoms. The molecule has 0 saturated heterocycles. The average molecular weight is 319 g/mol. The van der Waals surface area contributed by atoms with E-state index in [-0.39, 0.29) is 11.5 Å². The Bertz CT molecular complexity index is 827. The predicted octanol–water partition coefficient (Wildman–Crippen LogP) is 4.43. The highest BCUT2D eigenvalue weighted by atomic mass is 16.5. The van der Waals surface area contributed by atoms with Gasteiger partial charge < -0.3 is 14.9 Å². The number of hydrogen-bond donors (Lipinski definition) is 2. The molecule has 4 heteroatoms. The Labute approximate surface area is 140 Å². The number of ether oxygens (including phenoxy) is 1. The summed E-state index contributed by atoms with van der Waals surface area (Å²) in [5.41, 5.74) is 2.29. The van der Waals surface area contributed by atoms with Crippen molar-refractivity contribution in [1.29, 1.82) is 0 Å². The molecule has 0 heterocycles. The summed E-state index contributed by atoms with van der Waals surface area (Å²) < 4.78 is 5.72. The van der Waals surface area contributed by atoms with Gasteiger partial charge >= 0.3 is 0 Å². The molecule has 0 aliphatic carbocycles. The minimum Gasteiger partial charge on any atom is -0.508 e. The maximum Gasteiger partial charge on any atom is 0.124 e. The summed E-state index contributed by atoms with van der Waals surface area (Å²) in [5, 5.41) is 19.1. The number of benzene rings is 3. The second-order valence-electron chi connectivity index (χ2n) is 5.27. The summed E-state index contributed by atoms with van der Waals surface area (Å²) >= 11 is 0. The SMILES string of the molecule is Oc1ccc(O)c(C=Nc2ccc(OCc3ccccc3)cc2)c1. The number of hydrogen-bond acceptors (Lipinski definition) is 4. The minimum atomic E-state index is 0.0689. The van der Waals surface area contributed by atoms with Crippen LogP contribution in [0.3, 0.4) is 0 Å². The number of aromatic hydroxyl groups is 2. The van der Waals surface area contributed by atoms with Crippen molar-refractivity contribution in [3.8, 4) is 17.2 Å². The number of aliphatic imine (C=N–C) groups is 1. The maximum absolute atomic E-state index is 9.71. The molecule has 0 aliphatic rings. The van der Waals surface area contributed by atoms with E-state index in [4.69, 9.17) is 4.74 Å². The number of rotatable bonds is 5. The third-order valence-corrected chi connectivity index (χ3v) is 3.45. The second kappa shape index (κ2) is 7.33. The molecule has 120 valence electrons. The van der Waals surface area contributed by atoms with Crippen molar-refractivity contribution in [2.45, 2.75) is 6.61 Å². The lowest BCUT2D eigenvalue weighted by atomic mass is 10.2. The lowest BCUT2D eigenvalue weighted by molar-refractivity contribution is 0.306. The number of phenols is 2. The fourth-order valence-corrected chi connectivity index (χ4v) is 2.16. The van der Waals surface area contributed by atoms with E-state index in [1.54, 1.807) is 0 Å². The highest BCUT2D eigenvalue weighted by Gasteiger charge is 2.00. The summed E-state index contributed by atoms with van der Waals surface area (Å²) in [7, 11) is 0. The van der Waals surface area contributed by atoms with Gasteiger partial charge in [0.15, 0.2) is 0 Å². The Morgan fingerprint density at radius 3 is 2.38 bits per heavy atom. The molecular formula is C20H17NO3. The van der Waals surface area contributed by atoms with E-state index in [9.17, 15) is 10.2 Å². The number of nitrogens with zero attached hydrogens (tertiary/aromatic N) is 1. The molecule has 24 heavy (non-hydrogen) atoms. The molecule has 0 amide bonds. The second-order valence-corrected chi connectivity index (χ2v) is 5.27. The van der Waals surface area contributed by atoms with Crippen LogP contribution in [0.15, 0.2) is 77.8 Å². The first-order chi connectivity index (χ1) is 11.7. The van der Waals surface area contributed by atoms with Gasteiger partial charge in [0.2, 0.25) is 0 Å². The van der Waals surface area contributed by atoms with Crippen molar-refractivity contribution in [3.63, 3.8) is 0 Å². The molecule has 2 N–H and O–H groups in total. The van der Waals surface area contributed by atoms with Crippen LogP contribution in [0.1, 0.15) is 11.1 Å². The smallest absolute Gasteiger partial charge is 0.124 e. The van der Waals surface area contributed by atoms with Crippen LogP contribution in [-0.2, 0) is 6.61 Å². The molecule has 0 spiro atoms. The van der Waals surface area contributed by atoms with Gasteiger partial charge in [-0.3, -0.25) is 4.99 Å². The van der Waals surface area contributed by atoms with Gasteiger partial charge in [0.1, 0.15) is 23.9 Å². The zero-order valence-corrected chi connectivity index (χ0v) is 13.0. The Morgan fingerprint density at radius 1 is 0.875 bits per heavy atom. The van der Waals surface area contributed by atoms with Crippen molar-refractivity contribution in [3.05, 3.63) is 83.9 Å². The van der Waals surface area contributed by atoms with E-state index < -0.39 is 0 Å². The standard InChI is InChI=1S/C20H17NO3/c22-18-8-11-20(23)16(12-18)13-21-17-6-9-19(10-7-17)24-14-15-4-2-1-3-5-15/h1-13,22-23H,14H2. The van der Waals surface area contributed by atoms with Crippen LogP contribution < -0.4 is 4.74 Å². The third kappa shape index (κ3) is 4.14. The Kier molecular flexibility index (Phi) is 4.77. The molecule has 0 aromatic heterocycles. The molecule has 0 aliphatic heterocycles. The molecule has 3 rings (SSSR count). The normalized spacial score (nSPS) is 10.8. The molecule has 3 aromatic carbocycles. The summed E-state index contributed by atoms with van der Waals surface area (Å²) in [5.74, 6) is 0.913. The average Bonchev–Trinajstić information content (AvgIpc) is 2.62. The van der Waals surface area contributed by atoms with Crippen LogP contribution in [0, 0.1) is 0 Å². The molecular weight excluding hydrogens is 302 g/mol. The maximum atomic E-state index is 9.71. The van der Waals surface area contributed by atoms with Gasteiger partial charge in [-0.2, -0.15) is 0 Å². The predicted molar refractivity (Wildman–Crippen MR) is 94.2 cm³/mol. The summed E-state index contributed by atoms with van der Waals surface area (Å²) in [6.45, 7) is 0.515. The van der Waals surface area contributed by atoms with E-state index in [0.717, 1.165) is 17.0 Å². The van der Waals surface area contributed by atoms with Crippen molar-refractivity contribution < 1.29 is 14.9 Å². The zero-order chi connectivity index (χ0) is 16.8. The van der Waals surface area contributed by atoms with Crippen LogP contribution in [-0.4, -0.2) is 16.4 Å². The fraction of sp³-hybridized carbons (Fsp3) is 0.0500. The molecule has 0 unspecified atom stereocenters. The van der Waals surface area contributed by atoms with Gasteiger partial charge in [0, 0.05) is 11.8 Å². The monoisotopic (exact) mass is 319 g/mol. The zero-order valence-electron chi connectivity index (χ0n) is 13.0. The molecule has 0 fully saturated rings. The van der Waals surface area contributed by atoms with E-state index in [1.807, 2.05) is 54.6 Å². The summed E-state index contributed by atoms with van der Waals surface area (Å²) in [6.07, 6.45) is 1.51. The van der Waals surface area contributed by atoms with Crippen molar-refractivity contribution in [1.82, 2.24) is 0 Å². The quantitative estimate of drug-likeness (QED) is 0.540. The Hall–Kier alpha value is -3.27. The topological polar surface area (TPSA) is 62.0 Å². The fourth-order valence-electron chi connectivity index (χ4n) is 2.16. The first-order valence-electron chi connectivity index (χ1n) is 7.53. The molecule has 4 nitrogen and oxygen atoms in total. The van der Waals surface area contributed by atoms with Crippen molar-refractivity contribution >= 4 is 11.9 Å². The van der Waals surface area contributed by atoms with Crippen LogP contribution in [0.25, 0.3) is 0 Å². The highest BCUT2D eigenvalue weighted by Crippen LogP contribution is 2.23. The van der Waals surface area contributed by atoms with Gasteiger partial charge in [-0.1, -0.05) is 30.3 Å². The van der Waals surface area contributed by atoms with Gasteiger partial charge in [-0.25, -0.2) is 0 Å². The van der Waals surface area contributed by atoms with Crippen LogP contribution in [0.4, 0.5) is 5.69 Å². The lowest BCUT2D eigenvalue weighted by Gasteiger charge is -2.06. The Balaban J connectivity index is 1.64. The van der Waals surface area contributed by atoms with Crippen molar-refractivity contribution in [2.24, 2.45) is 4.99 Å². The van der Waals surface area contributed by atoms with E-state index in [2.05, 4.69) is 4.99 Å². The molecule has 3 aromatic rings. The first kappa shape index (κ1) is 15.6. The number of phenolic OH excluding ortho intramolecular Hbond substituents is 2. The lowest BCUT2D eigenvalue weighted by Crippen LogP contribution is -1.94. The molecule has 0 saturated carbocycles. The van der Waals surface area contributed by atoms with Gasteiger partial charge in [-0.05, 0) is 48.0 Å². The highest BCUT2D eigenvalue weighted by molar-refractivity contribution is 5.85.